The average molecular weight is 407 g/mol. The zero-order chi connectivity index (χ0) is 20.1. The lowest BCUT2D eigenvalue weighted by molar-refractivity contribution is -0.149. The van der Waals surface area contributed by atoms with Gasteiger partial charge < -0.3 is 14.9 Å². The van der Waals surface area contributed by atoms with Crippen LogP contribution in [0.4, 0.5) is 0 Å². The Morgan fingerprint density at radius 3 is 2.54 bits per heavy atom. The molecule has 1 saturated heterocycles. The minimum Gasteiger partial charge on any atom is -0.389 e. The first kappa shape index (κ1) is 21.6. The SMILES string of the molecule is C[C@H](C(=O)N(C)C1CCCCC1)C1(O)CCN(CCc2ccccc2Cl)CC1. The third-order valence-electron chi connectivity index (χ3n) is 7.02. The Morgan fingerprint density at radius 1 is 1.25 bits per heavy atom. The smallest absolute Gasteiger partial charge is 0.228 e. The predicted octanol–water partition coefficient (Wildman–Crippen LogP) is 4.14. The number of hydrogen-bond acceptors (Lipinski definition) is 3. The first-order valence-corrected chi connectivity index (χ1v) is 11.2. The molecule has 28 heavy (non-hydrogen) atoms. The zero-order valence-corrected chi connectivity index (χ0v) is 18.1. The van der Waals surface area contributed by atoms with E-state index in [1.165, 1.54) is 24.8 Å². The monoisotopic (exact) mass is 406 g/mol. The van der Waals surface area contributed by atoms with E-state index < -0.39 is 5.60 Å². The van der Waals surface area contributed by atoms with Gasteiger partial charge in [0.05, 0.1) is 11.5 Å². The van der Waals surface area contributed by atoms with Gasteiger partial charge in [-0.15, -0.1) is 0 Å². The van der Waals surface area contributed by atoms with Crippen LogP contribution in [-0.2, 0) is 11.2 Å². The summed E-state index contributed by atoms with van der Waals surface area (Å²) in [5.74, 6) is -0.232. The summed E-state index contributed by atoms with van der Waals surface area (Å²) in [5, 5.41) is 12.0. The molecule has 156 valence electrons. The van der Waals surface area contributed by atoms with Gasteiger partial charge in [-0.05, 0) is 43.7 Å². The number of benzene rings is 1. The van der Waals surface area contributed by atoms with Crippen LogP contribution in [0.1, 0.15) is 57.4 Å². The highest BCUT2D eigenvalue weighted by atomic mass is 35.5. The summed E-state index contributed by atoms with van der Waals surface area (Å²) in [6, 6.07) is 8.33. The molecule has 1 saturated carbocycles. The normalized spacial score (nSPS) is 22.0. The molecule has 4 nitrogen and oxygen atoms in total. The summed E-state index contributed by atoms with van der Waals surface area (Å²) in [5.41, 5.74) is 0.281. The highest BCUT2D eigenvalue weighted by Gasteiger charge is 2.42. The summed E-state index contributed by atoms with van der Waals surface area (Å²) in [4.78, 5) is 17.3. The fourth-order valence-corrected chi connectivity index (χ4v) is 4.99. The first-order valence-electron chi connectivity index (χ1n) is 10.9. The largest absolute Gasteiger partial charge is 0.389 e. The molecule has 2 aliphatic rings. The second-order valence-corrected chi connectivity index (χ2v) is 9.16. The van der Waals surface area contributed by atoms with Crippen LogP contribution in [-0.4, -0.2) is 59.1 Å². The van der Waals surface area contributed by atoms with E-state index in [2.05, 4.69) is 11.0 Å². The summed E-state index contributed by atoms with van der Waals surface area (Å²) in [6.45, 7) is 4.50. The molecular formula is C23H35ClN2O2. The Kier molecular flexibility index (Phi) is 7.41. The van der Waals surface area contributed by atoms with Crippen molar-refractivity contribution in [2.24, 2.45) is 5.92 Å². The Morgan fingerprint density at radius 2 is 1.89 bits per heavy atom. The van der Waals surface area contributed by atoms with Crippen molar-refractivity contribution in [2.75, 3.05) is 26.7 Å². The van der Waals surface area contributed by atoms with Gasteiger partial charge in [0.2, 0.25) is 5.91 Å². The summed E-state index contributed by atoms with van der Waals surface area (Å²) < 4.78 is 0. The minimum atomic E-state index is -0.888. The standard InChI is InChI=1S/C23H35ClN2O2/c1-18(22(27)25(2)20-9-4-3-5-10-20)23(28)13-16-26(17-14-23)15-12-19-8-6-7-11-21(19)24/h6-8,11,18,20,28H,3-5,9-10,12-17H2,1-2H3/t18-/m1/s1. The number of rotatable bonds is 6. The molecule has 1 N–H and O–H groups in total. The molecule has 3 rings (SSSR count). The number of likely N-dealkylation sites (tertiary alicyclic amines) is 1. The number of amides is 1. The van der Waals surface area contributed by atoms with Crippen LogP contribution in [0.2, 0.25) is 5.02 Å². The minimum absolute atomic E-state index is 0.110. The van der Waals surface area contributed by atoms with Gasteiger partial charge in [-0.3, -0.25) is 4.79 Å². The molecule has 1 aliphatic carbocycles. The van der Waals surface area contributed by atoms with Crippen molar-refractivity contribution < 1.29 is 9.90 Å². The number of piperidine rings is 1. The van der Waals surface area contributed by atoms with Crippen molar-refractivity contribution in [3.63, 3.8) is 0 Å². The van der Waals surface area contributed by atoms with Crippen molar-refractivity contribution >= 4 is 17.5 Å². The summed E-state index contributed by atoms with van der Waals surface area (Å²) in [7, 11) is 1.93. The van der Waals surface area contributed by atoms with E-state index in [1.54, 1.807) is 0 Å². The second-order valence-electron chi connectivity index (χ2n) is 8.75. The first-order chi connectivity index (χ1) is 13.4. The maximum absolute atomic E-state index is 13.0. The number of carbonyl (C=O) groups is 1. The van der Waals surface area contributed by atoms with Crippen molar-refractivity contribution in [1.82, 2.24) is 9.80 Å². The average Bonchev–Trinajstić information content (AvgIpc) is 2.73. The molecule has 1 aliphatic heterocycles. The lowest BCUT2D eigenvalue weighted by atomic mass is 9.79. The molecule has 1 heterocycles. The summed E-state index contributed by atoms with van der Waals surface area (Å²) in [6.07, 6.45) is 8.12. The Balaban J connectivity index is 1.50. The van der Waals surface area contributed by atoms with Gasteiger partial charge in [0.25, 0.3) is 0 Å². The Hall–Kier alpha value is -1.10. The molecule has 0 aromatic heterocycles. The zero-order valence-electron chi connectivity index (χ0n) is 17.4. The lowest BCUT2D eigenvalue weighted by Crippen LogP contribution is -2.54. The number of halogens is 1. The van der Waals surface area contributed by atoms with Gasteiger partial charge in [0.15, 0.2) is 0 Å². The predicted molar refractivity (Wildman–Crippen MR) is 115 cm³/mol. The van der Waals surface area contributed by atoms with Crippen LogP contribution in [0.3, 0.4) is 0 Å². The van der Waals surface area contributed by atoms with Gasteiger partial charge in [-0.25, -0.2) is 0 Å². The van der Waals surface area contributed by atoms with Gasteiger partial charge in [-0.1, -0.05) is 56.0 Å². The summed E-state index contributed by atoms with van der Waals surface area (Å²) >= 11 is 6.26. The van der Waals surface area contributed by atoms with Crippen LogP contribution < -0.4 is 0 Å². The fourth-order valence-electron chi connectivity index (χ4n) is 4.76. The topological polar surface area (TPSA) is 43.8 Å². The molecule has 1 aromatic rings. The Labute approximate surface area is 174 Å². The van der Waals surface area contributed by atoms with E-state index in [-0.39, 0.29) is 11.8 Å². The number of hydrogen-bond donors (Lipinski definition) is 1. The van der Waals surface area contributed by atoms with Crippen molar-refractivity contribution in [3.05, 3.63) is 34.9 Å². The van der Waals surface area contributed by atoms with Crippen LogP contribution >= 0.6 is 11.6 Å². The van der Waals surface area contributed by atoms with Crippen molar-refractivity contribution in [1.29, 1.82) is 0 Å². The van der Waals surface area contributed by atoms with Crippen LogP contribution in [0.5, 0.6) is 0 Å². The third kappa shape index (κ3) is 5.08. The molecule has 0 spiro atoms. The number of nitrogens with zero attached hydrogens (tertiary/aromatic N) is 2. The maximum atomic E-state index is 13.0. The van der Waals surface area contributed by atoms with Crippen LogP contribution in [0.15, 0.2) is 24.3 Å². The molecule has 0 radical (unpaired) electrons. The quantitative estimate of drug-likeness (QED) is 0.772. The fraction of sp³-hybridized carbons (Fsp3) is 0.696. The van der Waals surface area contributed by atoms with Crippen molar-refractivity contribution in [3.8, 4) is 0 Å². The van der Waals surface area contributed by atoms with E-state index >= 15 is 0 Å². The Bertz CT molecular complexity index is 652. The molecular weight excluding hydrogens is 372 g/mol. The van der Waals surface area contributed by atoms with E-state index in [1.807, 2.05) is 37.1 Å². The van der Waals surface area contributed by atoms with E-state index in [0.717, 1.165) is 43.9 Å². The maximum Gasteiger partial charge on any atom is 0.228 e. The van der Waals surface area contributed by atoms with Crippen molar-refractivity contribution in [2.45, 2.75) is 69.9 Å². The third-order valence-corrected chi connectivity index (χ3v) is 7.39. The number of carbonyl (C=O) groups excluding carboxylic acids is 1. The lowest BCUT2D eigenvalue weighted by Gasteiger charge is -2.43. The molecule has 5 heteroatoms. The molecule has 1 amide bonds. The van der Waals surface area contributed by atoms with Gasteiger partial charge >= 0.3 is 0 Å². The molecule has 2 fully saturated rings. The van der Waals surface area contributed by atoms with Crippen LogP contribution in [0.25, 0.3) is 0 Å². The molecule has 0 bridgehead atoms. The van der Waals surface area contributed by atoms with Gasteiger partial charge in [0, 0.05) is 37.7 Å². The van der Waals surface area contributed by atoms with E-state index in [4.69, 9.17) is 11.6 Å². The highest BCUT2D eigenvalue weighted by Crippen LogP contribution is 2.33. The number of aliphatic hydroxyl groups is 1. The second kappa shape index (κ2) is 9.60. The highest BCUT2D eigenvalue weighted by molar-refractivity contribution is 6.31. The van der Waals surface area contributed by atoms with Gasteiger partial charge in [0.1, 0.15) is 0 Å². The molecule has 1 atom stereocenters. The van der Waals surface area contributed by atoms with E-state index in [0.29, 0.717) is 18.9 Å². The molecule has 0 unspecified atom stereocenters. The van der Waals surface area contributed by atoms with E-state index in [9.17, 15) is 9.90 Å². The van der Waals surface area contributed by atoms with Crippen LogP contribution in [0, 0.1) is 5.92 Å². The van der Waals surface area contributed by atoms with Gasteiger partial charge in [-0.2, -0.15) is 0 Å². The molecule has 1 aromatic carbocycles.